The maximum Gasteiger partial charge on any atom is 0.150 e. The number of benzene rings is 1. The van der Waals surface area contributed by atoms with E-state index in [0.717, 1.165) is 55.3 Å². The standard InChI is InChI=1S/C18H22N4O/c1-3-11-23-16-8-6-5-7-14(16)12-19-15-9-10-18-20-17(4-2)21-22(18)13-15/h1,5-8,15,19H,4,9-13H2,2H3. The molecule has 0 radical (unpaired) electrons. The first-order chi connectivity index (χ1) is 11.3. The molecule has 1 N–H and O–H groups in total. The first-order valence-electron chi connectivity index (χ1n) is 8.10. The van der Waals surface area contributed by atoms with Crippen LogP contribution in [0.5, 0.6) is 5.75 Å². The van der Waals surface area contributed by atoms with E-state index in [-0.39, 0.29) is 0 Å². The molecule has 0 amide bonds. The van der Waals surface area contributed by atoms with Crippen LogP contribution in [-0.2, 0) is 25.9 Å². The number of hydrogen-bond donors (Lipinski definition) is 1. The Labute approximate surface area is 137 Å². The van der Waals surface area contributed by atoms with Gasteiger partial charge in [-0.15, -0.1) is 6.42 Å². The van der Waals surface area contributed by atoms with Crippen LogP contribution in [-0.4, -0.2) is 27.4 Å². The van der Waals surface area contributed by atoms with Gasteiger partial charge in [-0.2, -0.15) is 5.10 Å². The van der Waals surface area contributed by atoms with Gasteiger partial charge < -0.3 is 10.1 Å². The normalized spacial score (nSPS) is 16.6. The van der Waals surface area contributed by atoms with Gasteiger partial charge in [0, 0.05) is 31.0 Å². The highest BCUT2D eigenvalue weighted by atomic mass is 16.5. The molecule has 1 aromatic carbocycles. The molecule has 1 aromatic heterocycles. The van der Waals surface area contributed by atoms with Crippen molar-refractivity contribution in [3.8, 4) is 18.1 Å². The maximum atomic E-state index is 5.60. The minimum absolute atomic E-state index is 0.294. The van der Waals surface area contributed by atoms with E-state index in [1.807, 2.05) is 22.9 Å². The van der Waals surface area contributed by atoms with E-state index in [1.54, 1.807) is 0 Å². The zero-order valence-electron chi connectivity index (χ0n) is 13.5. The molecule has 120 valence electrons. The molecule has 1 aliphatic heterocycles. The molecule has 0 aliphatic carbocycles. The first-order valence-corrected chi connectivity index (χ1v) is 8.10. The molecule has 2 aromatic rings. The average molecular weight is 310 g/mol. The SMILES string of the molecule is C#CCOc1ccccc1CNC1CCc2nc(CC)nn2C1. The summed E-state index contributed by atoms with van der Waals surface area (Å²) in [5.74, 6) is 5.40. The highest BCUT2D eigenvalue weighted by molar-refractivity contribution is 5.33. The third-order valence-corrected chi connectivity index (χ3v) is 4.08. The summed E-state index contributed by atoms with van der Waals surface area (Å²) in [5.41, 5.74) is 1.13. The van der Waals surface area contributed by atoms with Crippen LogP contribution in [0.25, 0.3) is 0 Å². The second kappa shape index (κ2) is 7.30. The molecular weight excluding hydrogens is 288 g/mol. The molecule has 0 saturated heterocycles. The van der Waals surface area contributed by atoms with E-state index < -0.39 is 0 Å². The highest BCUT2D eigenvalue weighted by Crippen LogP contribution is 2.19. The Morgan fingerprint density at radius 3 is 3.13 bits per heavy atom. The van der Waals surface area contributed by atoms with Crippen molar-refractivity contribution in [1.29, 1.82) is 0 Å². The van der Waals surface area contributed by atoms with Gasteiger partial charge in [0.1, 0.15) is 18.2 Å². The number of nitrogens with one attached hydrogen (secondary N) is 1. The van der Waals surface area contributed by atoms with Crippen LogP contribution in [0.1, 0.15) is 30.6 Å². The van der Waals surface area contributed by atoms with E-state index in [0.29, 0.717) is 12.6 Å². The Bertz CT molecular complexity index is 701. The lowest BCUT2D eigenvalue weighted by molar-refractivity contribution is 0.345. The molecule has 1 aliphatic rings. The summed E-state index contributed by atoms with van der Waals surface area (Å²) in [6, 6.07) is 8.40. The van der Waals surface area contributed by atoms with Crippen LogP contribution in [0.2, 0.25) is 0 Å². The van der Waals surface area contributed by atoms with Crippen LogP contribution < -0.4 is 10.1 Å². The zero-order chi connectivity index (χ0) is 16.1. The lowest BCUT2D eigenvalue weighted by Gasteiger charge is -2.24. The maximum absolute atomic E-state index is 5.60. The van der Waals surface area contributed by atoms with Crippen LogP contribution >= 0.6 is 0 Å². The second-order valence-electron chi connectivity index (χ2n) is 5.70. The Morgan fingerprint density at radius 1 is 1.43 bits per heavy atom. The summed E-state index contributed by atoms with van der Waals surface area (Å²) in [7, 11) is 0. The minimum Gasteiger partial charge on any atom is -0.481 e. The van der Waals surface area contributed by atoms with Crippen molar-refractivity contribution < 1.29 is 4.74 Å². The number of aromatic nitrogens is 3. The van der Waals surface area contributed by atoms with E-state index in [9.17, 15) is 0 Å². The number of nitrogens with zero attached hydrogens (tertiary/aromatic N) is 3. The van der Waals surface area contributed by atoms with Gasteiger partial charge in [-0.05, 0) is 12.5 Å². The van der Waals surface area contributed by atoms with Crippen molar-refractivity contribution in [2.45, 2.75) is 45.3 Å². The van der Waals surface area contributed by atoms with Gasteiger partial charge in [-0.25, -0.2) is 9.67 Å². The molecule has 1 atom stereocenters. The van der Waals surface area contributed by atoms with Gasteiger partial charge in [0.25, 0.3) is 0 Å². The van der Waals surface area contributed by atoms with Crippen LogP contribution in [0.15, 0.2) is 24.3 Å². The predicted octanol–water partition coefficient (Wildman–Crippen LogP) is 1.96. The number of terminal acetylenes is 1. The van der Waals surface area contributed by atoms with Crippen molar-refractivity contribution >= 4 is 0 Å². The topological polar surface area (TPSA) is 52.0 Å². The van der Waals surface area contributed by atoms with Gasteiger partial charge in [0.05, 0.1) is 6.54 Å². The average Bonchev–Trinajstić information content (AvgIpc) is 3.01. The number of fused-ring (bicyclic) bond motifs is 1. The molecule has 2 heterocycles. The zero-order valence-corrected chi connectivity index (χ0v) is 13.5. The van der Waals surface area contributed by atoms with E-state index in [1.165, 1.54) is 0 Å². The number of ether oxygens (including phenoxy) is 1. The van der Waals surface area contributed by atoms with Gasteiger partial charge in [0.15, 0.2) is 5.82 Å². The van der Waals surface area contributed by atoms with Crippen molar-refractivity contribution in [2.75, 3.05) is 6.61 Å². The number of rotatable bonds is 6. The summed E-state index contributed by atoms with van der Waals surface area (Å²) >= 11 is 0. The van der Waals surface area contributed by atoms with Crippen LogP contribution in [0.4, 0.5) is 0 Å². The molecule has 5 nitrogen and oxygen atoms in total. The lowest BCUT2D eigenvalue weighted by Crippen LogP contribution is -2.37. The molecule has 0 spiro atoms. The summed E-state index contributed by atoms with van der Waals surface area (Å²) in [6.45, 7) is 4.01. The first kappa shape index (κ1) is 15.6. The summed E-state index contributed by atoms with van der Waals surface area (Å²) in [4.78, 5) is 4.56. The molecule has 23 heavy (non-hydrogen) atoms. The van der Waals surface area contributed by atoms with Gasteiger partial charge >= 0.3 is 0 Å². The van der Waals surface area contributed by atoms with Crippen molar-refractivity contribution in [1.82, 2.24) is 20.1 Å². The summed E-state index contributed by atoms with van der Waals surface area (Å²) in [5, 5.41) is 8.15. The summed E-state index contributed by atoms with van der Waals surface area (Å²) < 4.78 is 7.64. The van der Waals surface area contributed by atoms with Gasteiger partial charge in [-0.1, -0.05) is 31.0 Å². The fraction of sp³-hybridized carbons (Fsp3) is 0.444. The number of aryl methyl sites for hydroxylation is 2. The third kappa shape index (κ3) is 3.72. The van der Waals surface area contributed by atoms with Crippen LogP contribution in [0, 0.1) is 12.3 Å². The van der Waals surface area contributed by atoms with Gasteiger partial charge in [0.2, 0.25) is 0 Å². The van der Waals surface area contributed by atoms with Crippen molar-refractivity contribution in [3.63, 3.8) is 0 Å². The molecule has 3 rings (SSSR count). The van der Waals surface area contributed by atoms with E-state index in [2.05, 4.69) is 34.3 Å². The Hall–Kier alpha value is -2.32. The number of hydrogen-bond acceptors (Lipinski definition) is 4. The highest BCUT2D eigenvalue weighted by Gasteiger charge is 2.21. The quantitative estimate of drug-likeness (QED) is 0.829. The molecule has 0 bridgehead atoms. The van der Waals surface area contributed by atoms with Crippen molar-refractivity contribution in [3.05, 3.63) is 41.5 Å². The monoisotopic (exact) mass is 310 g/mol. The fourth-order valence-corrected chi connectivity index (χ4v) is 2.84. The molecule has 1 unspecified atom stereocenters. The summed E-state index contributed by atoms with van der Waals surface area (Å²) in [6.07, 6.45) is 8.21. The largest absolute Gasteiger partial charge is 0.481 e. The molecule has 0 saturated carbocycles. The Morgan fingerprint density at radius 2 is 2.30 bits per heavy atom. The van der Waals surface area contributed by atoms with Gasteiger partial charge in [-0.3, -0.25) is 0 Å². The van der Waals surface area contributed by atoms with E-state index in [4.69, 9.17) is 11.2 Å². The minimum atomic E-state index is 0.294. The number of para-hydroxylation sites is 1. The molecule has 5 heteroatoms. The third-order valence-electron chi connectivity index (χ3n) is 4.08. The second-order valence-corrected chi connectivity index (χ2v) is 5.70. The van der Waals surface area contributed by atoms with E-state index >= 15 is 0 Å². The van der Waals surface area contributed by atoms with Crippen LogP contribution in [0.3, 0.4) is 0 Å². The smallest absolute Gasteiger partial charge is 0.150 e. The Kier molecular flexibility index (Phi) is 4.94. The fourth-order valence-electron chi connectivity index (χ4n) is 2.84. The predicted molar refractivity (Wildman–Crippen MR) is 89.1 cm³/mol. The van der Waals surface area contributed by atoms with Crippen molar-refractivity contribution in [2.24, 2.45) is 0 Å². The molecule has 0 fully saturated rings. The molecular formula is C18H22N4O. The lowest BCUT2D eigenvalue weighted by atomic mass is 10.1. The Balaban J connectivity index is 1.60.